The van der Waals surface area contributed by atoms with Crippen molar-refractivity contribution in [3.05, 3.63) is 77.7 Å². The van der Waals surface area contributed by atoms with Gasteiger partial charge in [0.15, 0.2) is 5.84 Å². The average Bonchev–Trinajstić information content (AvgIpc) is 3.05. The number of amidine groups is 1. The first-order valence-corrected chi connectivity index (χ1v) is 8.57. The van der Waals surface area contributed by atoms with Crippen molar-refractivity contribution in [3.63, 3.8) is 0 Å². The highest BCUT2D eigenvalue weighted by Crippen LogP contribution is 2.44. The van der Waals surface area contributed by atoms with E-state index in [4.69, 9.17) is 21.0 Å². The fourth-order valence-electron chi connectivity index (χ4n) is 3.22. The fourth-order valence-corrected chi connectivity index (χ4v) is 3.22. The minimum atomic E-state index is -0.951. The van der Waals surface area contributed by atoms with Gasteiger partial charge in [-0.15, -0.1) is 0 Å². The molecular formula is C20H17N5O3. The molecular weight excluding hydrogens is 358 g/mol. The van der Waals surface area contributed by atoms with E-state index in [1.165, 1.54) is 12.4 Å². The van der Waals surface area contributed by atoms with Crippen molar-refractivity contribution in [2.75, 3.05) is 12.3 Å². The van der Waals surface area contributed by atoms with Crippen molar-refractivity contribution in [3.8, 4) is 11.1 Å². The second kappa shape index (κ2) is 7.36. The Morgan fingerprint density at radius 2 is 1.64 bits per heavy atom. The lowest BCUT2D eigenvalue weighted by Gasteiger charge is -2.13. The Labute approximate surface area is 160 Å². The highest BCUT2D eigenvalue weighted by molar-refractivity contribution is 5.95. The SMILES string of the molecule is N/C(=N\OC(=O)OCC1c2ccccc2-c2ccccc21)c1cnc(N)cn1. The van der Waals surface area contributed by atoms with Crippen LogP contribution in [0.5, 0.6) is 0 Å². The molecule has 0 bridgehead atoms. The number of hydrogen-bond acceptors (Lipinski definition) is 7. The van der Waals surface area contributed by atoms with Crippen LogP contribution in [0.3, 0.4) is 0 Å². The Morgan fingerprint density at radius 1 is 1.00 bits per heavy atom. The quantitative estimate of drug-likeness (QED) is 0.236. The van der Waals surface area contributed by atoms with Gasteiger partial charge in [0.05, 0.1) is 12.4 Å². The van der Waals surface area contributed by atoms with Crippen LogP contribution in [0.2, 0.25) is 0 Å². The molecule has 28 heavy (non-hydrogen) atoms. The standard InChI is InChI=1S/C20H17N5O3/c21-18-10-23-17(9-24-18)19(22)25-28-20(26)27-11-16-14-7-3-1-5-12(14)13-6-2-4-8-15(13)16/h1-10,16H,11H2,(H2,21,24)(H2,22,25). The number of oxime groups is 1. The Balaban J connectivity index is 1.42. The highest BCUT2D eigenvalue weighted by atomic mass is 16.8. The summed E-state index contributed by atoms with van der Waals surface area (Å²) in [7, 11) is 0. The normalized spacial score (nSPS) is 12.9. The Morgan fingerprint density at radius 3 is 2.25 bits per heavy atom. The summed E-state index contributed by atoms with van der Waals surface area (Å²) in [6, 6.07) is 16.1. The minimum absolute atomic E-state index is 0.0655. The predicted molar refractivity (Wildman–Crippen MR) is 103 cm³/mol. The van der Waals surface area contributed by atoms with Gasteiger partial charge in [-0.3, -0.25) is 4.84 Å². The lowest BCUT2D eigenvalue weighted by Crippen LogP contribution is -2.18. The van der Waals surface area contributed by atoms with E-state index in [0.29, 0.717) is 0 Å². The number of anilines is 1. The van der Waals surface area contributed by atoms with Gasteiger partial charge in [0.2, 0.25) is 0 Å². The first-order valence-electron chi connectivity index (χ1n) is 8.57. The zero-order chi connectivity index (χ0) is 19.5. The van der Waals surface area contributed by atoms with Gasteiger partial charge in [-0.2, -0.15) is 0 Å². The summed E-state index contributed by atoms with van der Waals surface area (Å²) in [4.78, 5) is 24.5. The van der Waals surface area contributed by atoms with Crippen LogP contribution in [0, 0.1) is 0 Å². The van der Waals surface area contributed by atoms with E-state index in [1.807, 2.05) is 36.4 Å². The molecule has 0 unspecified atom stereocenters. The number of benzene rings is 2. The van der Waals surface area contributed by atoms with Crippen LogP contribution in [0.1, 0.15) is 22.7 Å². The Kier molecular flexibility index (Phi) is 4.59. The van der Waals surface area contributed by atoms with E-state index in [2.05, 4.69) is 27.3 Å². The number of aromatic nitrogens is 2. The van der Waals surface area contributed by atoms with Gasteiger partial charge in [0, 0.05) is 5.92 Å². The predicted octanol–water partition coefficient (Wildman–Crippen LogP) is 2.64. The summed E-state index contributed by atoms with van der Waals surface area (Å²) in [5.74, 6) is 0.0688. The molecule has 0 spiro atoms. The van der Waals surface area contributed by atoms with Crippen LogP contribution in [0.4, 0.5) is 10.6 Å². The maximum atomic E-state index is 12.0. The third-order valence-electron chi connectivity index (χ3n) is 4.48. The van der Waals surface area contributed by atoms with Gasteiger partial charge in [-0.25, -0.2) is 14.8 Å². The van der Waals surface area contributed by atoms with Gasteiger partial charge >= 0.3 is 6.16 Å². The Bertz CT molecular complexity index is 1000. The van der Waals surface area contributed by atoms with Crippen LogP contribution < -0.4 is 11.5 Å². The topological polar surface area (TPSA) is 126 Å². The summed E-state index contributed by atoms with van der Waals surface area (Å²) in [6.07, 6.45) is 1.70. The maximum absolute atomic E-state index is 12.0. The number of nitrogens with zero attached hydrogens (tertiary/aromatic N) is 3. The second-order valence-electron chi connectivity index (χ2n) is 6.18. The summed E-state index contributed by atoms with van der Waals surface area (Å²) < 4.78 is 5.27. The molecule has 0 atom stereocenters. The molecule has 0 saturated heterocycles. The number of rotatable bonds is 4. The zero-order valence-electron chi connectivity index (χ0n) is 14.8. The number of nitrogens with two attached hydrogens (primary N) is 2. The van der Waals surface area contributed by atoms with Gasteiger partial charge in [0.25, 0.3) is 0 Å². The van der Waals surface area contributed by atoms with E-state index < -0.39 is 6.16 Å². The molecule has 0 radical (unpaired) electrons. The zero-order valence-corrected chi connectivity index (χ0v) is 14.8. The van der Waals surface area contributed by atoms with Crippen LogP contribution in [-0.2, 0) is 9.57 Å². The van der Waals surface area contributed by atoms with Crippen molar-refractivity contribution in [2.24, 2.45) is 10.9 Å². The van der Waals surface area contributed by atoms with Crippen LogP contribution in [0.15, 0.2) is 66.1 Å². The molecule has 8 heteroatoms. The van der Waals surface area contributed by atoms with E-state index >= 15 is 0 Å². The number of nitrogen functional groups attached to an aromatic ring is 1. The lowest BCUT2D eigenvalue weighted by molar-refractivity contribution is 0.0554. The van der Waals surface area contributed by atoms with Gasteiger partial charge in [-0.1, -0.05) is 53.7 Å². The molecule has 0 saturated carbocycles. The van der Waals surface area contributed by atoms with E-state index in [0.717, 1.165) is 22.3 Å². The third-order valence-corrected chi connectivity index (χ3v) is 4.48. The van der Waals surface area contributed by atoms with Crippen molar-refractivity contribution in [1.29, 1.82) is 0 Å². The lowest BCUT2D eigenvalue weighted by atomic mass is 9.98. The third kappa shape index (κ3) is 3.35. The molecule has 0 aliphatic heterocycles. The van der Waals surface area contributed by atoms with Gasteiger partial charge in [0.1, 0.15) is 18.1 Å². The fraction of sp³-hybridized carbons (Fsp3) is 0.100. The molecule has 140 valence electrons. The molecule has 4 rings (SSSR count). The molecule has 0 amide bonds. The van der Waals surface area contributed by atoms with Crippen LogP contribution in [0.25, 0.3) is 11.1 Å². The molecule has 2 aromatic carbocycles. The molecule has 3 aromatic rings. The molecule has 1 heterocycles. The first-order chi connectivity index (χ1) is 13.6. The van der Waals surface area contributed by atoms with Crippen molar-refractivity contribution in [2.45, 2.75) is 5.92 Å². The Hall–Kier alpha value is -3.94. The number of carbonyl (C=O) groups is 1. The van der Waals surface area contributed by atoms with Crippen LogP contribution >= 0.6 is 0 Å². The molecule has 0 fully saturated rings. The number of carbonyl (C=O) groups excluding carboxylic acids is 1. The smallest absolute Gasteiger partial charge is 0.432 e. The summed E-state index contributed by atoms with van der Waals surface area (Å²) in [5.41, 5.74) is 15.9. The summed E-state index contributed by atoms with van der Waals surface area (Å²) >= 11 is 0. The molecule has 8 nitrogen and oxygen atoms in total. The number of hydrogen-bond donors (Lipinski definition) is 2. The number of fused-ring (bicyclic) bond motifs is 3. The largest absolute Gasteiger partial charge is 0.535 e. The molecule has 4 N–H and O–H groups in total. The molecule has 1 aliphatic rings. The molecule has 1 aromatic heterocycles. The van der Waals surface area contributed by atoms with Crippen molar-refractivity contribution in [1.82, 2.24) is 9.97 Å². The van der Waals surface area contributed by atoms with Crippen molar-refractivity contribution < 1.29 is 14.4 Å². The number of ether oxygens (including phenoxy) is 1. The maximum Gasteiger partial charge on any atom is 0.535 e. The average molecular weight is 375 g/mol. The highest BCUT2D eigenvalue weighted by Gasteiger charge is 2.29. The monoisotopic (exact) mass is 375 g/mol. The minimum Gasteiger partial charge on any atom is -0.432 e. The summed E-state index contributed by atoms with van der Waals surface area (Å²) in [5, 5.41) is 3.53. The van der Waals surface area contributed by atoms with Gasteiger partial charge < -0.3 is 16.2 Å². The van der Waals surface area contributed by atoms with E-state index in [-0.39, 0.29) is 29.9 Å². The molecule has 1 aliphatic carbocycles. The first kappa shape index (κ1) is 17.5. The second-order valence-corrected chi connectivity index (χ2v) is 6.18. The summed E-state index contributed by atoms with van der Waals surface area (Å²) in [6.45, 7) is 0.129. The van der Waals surface area contributed by atoms with E-state index in [9.17, 15) is 4.79 Å². The van der Waals surface area contributed by atoms with Gasteiger partial charge in [-0.05, 0) is 22.3 Å². The van der Waals surface area contributed by atoms with Crippen LogP contribution in [-0.4, -0.2) is 28.6 Å². The van der Waals surface area contributed by atoms with E-state index in [1.54, 1.807) is 0 Å². The van der Waals surface area contributed by atoms with Crippen molar-refractivity contribution >= 4 is 17.8 Å².